The van der Waals surface area contributed by atoms with E-state index in [9.17, 15) is 4.79 Å². The molecule has 0 bridgehead atoms. The van der Waals surface area contributed by atoms with Gasteiger partial charge in [0.2, 0.25) is 0 Å². The standard InChI is InChI=1S/C11H16N2O3/c1-3-6-12-11(14)13-8-10(15-2)9-5-4-7-16-9/h3-5,7,10H,1,6,8H2,2H3,(H2,12,13,14). The second kappa shape index (κ2) is 6.68. The molecule has 2 N–H and O–H groups in total. The smallest absolute Gasteiger partial charge is 0.315 e. The lowest BCUT2D eigenvalue weighted by Gasteiger charge is -2.13. The van der Waals surface area contributed by atoms with Crippen LogP contribution in [0.3, 0.4) is 0 Å². The fourth-order valence-corrected chi connectivity index (χ4v) is 1.19. The zero-order chi connectivity index (χ0) is 11.8. The molecule has 1 aromatic rings. The molecule has 1 rings (SSSR count). The minimum atomic E-state index is -0.274. The number of urea groups is 1. The van der Waals surface area contributed by atoms with Gasteiger partial charge in [0.15, 0.2) is 0 Å². The fourth-order valence-electron chi connectivity index (χ4n) is 1.19. The van der Waals surface area contributed by atoms with Gasteiger partial charge in [-0.3, -0.25) is 0 Å². The Morgan fingerprint density at radius 2 is 2.50 bits per heavy atom. The average Bonchev–Trinajstić information content (AvgIpc) is 2.81. The van der Waals surface area contributed by atoms with Crippen molar-refractivity contribution >= 4 is 6.03 Å². The number of amides is 2. The van der Waals surface area contributed by atoms with Crippen molar-refractivity contribution in [3.8, 4) is 0 Å². The van der Waals surface area contributed by atoms with Gasteiger partial charge in [0, 0.05) is 13.7 Å². The molecule has 88 valence electrons. The predicted molar refractivity (Wildman–Crippen MR) is 60.1 cm³/mol. The van der Waals surface area contributed by atoms with Crippen LogP contribution in [-0.2, 0) is 4.74 Å². The maximum absolute atomic E-state index is 11.2. The summed E-state index contributed by atoms with van der Waals surface area (Å²) in [6.07, 6.45) is 2.91. The summed E-state index contributed by atoms with van der Waals surface area (Å²) in [4.78, 5) is 11.2. The first-order chi connectivity index (χ1) is 7.77. The van der Waals surface area contributed by atoms with Crippen LogP contribution in [0.15, 0.2) is 35.5 Å². The molecular weight excluding hydrogens is 208 g/mol. The highest BCUT2D eigenvalue weighted by Crippen LogP contribution is 2.15. The Labute approximate surface area is 94.5 Å². The van der Waals surface area contributed by atoms with Crippen molar-refractivity contribution in [2.75, 3.05) is 20.2 Å². The Kier molecular flexibility index (Phi) is 5.15. The van der Waals surface area contributed by atoms with Crippen LogP contribution >= 0.6 is 0 Å². The van der Waals surface area contributed by atoms with Crippen molar-refractivity contribution in [3.05, 3.63) is 36.8 Å². The Hall–Kier alpha value is -1.75. The van der Waals surface area contributed by atoms with Crippen LogP contribution in [0.4, 0.5) is 4.79 Å². The molecule has 1 aromatic heterocycles. The third-order valence-electron chi connectivity index (χ3n) is 2.00. The largest absolute Gasteiger partial charge is 0.467 e. The van der Waals surface area contributed by atoms with E-state index in [-0.39, 0.29) is 12.1 Å². The summed E-state index contributed by atoms with van der Waals surface area (Å²) >= 11 is 0. The third-order valence-corrected chi connectivity index (χ3v) is 2.00. The number of carbonyl (C=O) groups excluding carboxylic acids is 1. The van der Waals surface area contributed by atoms with E-state index in [0.717, 1.165) is 0 Å². The van der Waals surface area contributed by atoms with Crippen LogP contribution in [0.25, 0.3) is 0 Å². The quantitative estimate of drug-likeness (QED) is 0.719. The van der Waals surface area contributed by atoms with Gasteiger partial charge >= 0.3 is 6.03 Å². The zero-order valence-corrected chi connectivity index (χ0v) is 9.23. The topological polar surface area (TPSA) is 63.5 Å². The minimum Gasteiger partial charge on any atom is -0.467 e. The number of nitrogens with one attached hydrogen (secondary N) is 2. The fraction of sp³-hybridized carbons (Fsp3) is 0.364. The molecule has 1 unspecified atom stereocenters. The van der Waals surface area contributed by atoms with Gasteiger partial charge < -0.3 is 19.8 Å². The lowest BCUT2D eigenvalue weighted by molar-refractivity contribution is 0.0850. The number of hydrogen-bond donors (Lipinski definition) is 2. The van der Waals surface area contributed by atoms with E-state index in [0.29, 0.717) is 18.8 Å². The van der Waals surface area contributed by atoms with E-state index >= 15 is 0 Å². The van der Waals surface area contributed by atoms with Crippen LogP contribution in [0.2, 0.25) is 0 Å². The van der Waals surface area contributed by atoms with Crippen LogP contribution in [0, 0.1) is 0 Å². The summed E-state index contributed by atoms with van der Waals surface area (Å²) in [5.41, 5.74) is 0. The molecule has 0 saturated carbocycles. The molecule has 16 heavy (non-hydrogen) atoms. The van der Waals surface area contributed by atoms with Gasteiger partial charge in [-0.2, -0.15) is 0 Å². The number of ether oxygens (including phenoxy) is 1. The first-order valence-corrected chi connectivity index (χ1v) is 4.96. The lowest BCUT2D eigenvalue weighted by Crippen LogP contribution is -2.38. The molecule has 0 spiro atoms. The SMILES string of the molecule is C=CCNC(=O)NCC(OC)c1ccco1. The first-order valence-electron chi connectivity index (χ1n) is 4.96. The van der Waals surface area contributed by atoms with Crippen molar-refractivity contribution in [3.63, 3.8) is 0 Å². The van der Waals surface area contributed by atoms with Gasteiger partial charge in [-0.25, -0.2) is 4.79 Å². The Bertz CT molecular complexity index is 322. The summed E-state index contributed by atoms with van der Waals surface area (Å²) in [6.45, 7) is 4.29. The molecule has 0 aliphatic heterocycles. The molecule has 0 saturated heterocycles. The second-order valence-electron chi connectivity index (χ2n) is 3.12. The predicted octanol–water partition coefficient (Wildman–Crippen LogP) is 1.45. The highest BCUT2D eigenvalue weighted by atomic mass is 16.5. The normalized spacial score (nSPS) is 11.8. The number of furan rings is 1. The molecule has 1 heterocycles. The average molecular weight is 224 g/mol. The molecule has 0 radical (unpaired) electrons. The molecule has 2 amide bonds. The van der Waals surface area contributed by atoms with Crippen LogP contribution in [-0.4, -0.2) is 26.2 Å². The molecular formula is C11H16N2O3. The minimum absolute atomic E-state index is 0.256. The summed E-state index contributed by atoms with van der Waals surface area (Å²) in [5, 5.41) is 5.28. The van der Waals surface area contributed by atoms with Crippen LogP contribution in [0.1, 0.15) is 11.9 Å². The van der Waals surface area contributed by atoms with Crippen molar-refractivity contribution in [2.45, 2.75) is 6.10 Å². The Morgan fingerprint density at radius 3 is 3.06 bits per heavy atom. The third kappa shape index (κ3) is 3.78. The molecule has 0 aliphatic carbocycles. The monoisotopic (exact) mass is 224 g/mol. The van der Waals surface area contributed by atoms with Crippen molar-refractivity contribution in [1.82, 2.24) is 10.6 Å². The van der Waals surface area contributed by atoms with Gasteiger partial charge in [-0.1, -0.05) is 6.08 Å². The van der Waals surface area contributed by atoms with Gasteiger partial charge in [0.1, 0.15) is 11.9 Å². The lowest BCUT2D eigenvalue weighted by atomic mass is 10.3. The van der Waals surface area contributed by atoms with Crippen molar-refractivity contribution in [1.29, 1.82) is 0 Å². The van der Waals surface area contributed by atoms with Gasteiger partial charge in [-0.05, 0) is 12.1 Å². The van der Waals surface area contributed by atoms with E-state index < -0.39 is 0 Å². The highest BCUT2D eigenvalue weighted by molar-refractivity contribution is 5.73. The summed E-state index contributed by atoms with van der Waals surface area (Å²) in [7, 11) is 1.57. The van der Waals surface area contributed by atoms with E-state index in [4.69, 9.17) is 9.15 Å². The first kappa shape index (κ1) is 12.3. The van der Waals surface area contributed by atoms with Gasteiger partial charge in [-0.15, -0.1) is 6.58 Å². The molecule has 5 nitrogen and oxygen atoms in total. The second-order valence-corrected chi connectivity index (χ2v) is 3.12. The van der Waals surface area contributed by atoms with Crippen LogP contribution in [0.5, 0.6) is 0 Å². The molecule has 0 aliphatic rings. The van der Waals surface area contributed by atoms with Gasteiger partial charge in [0.05, 0.1) is 12.8 Å². The molecule has 0 aromatic carbocycles. The molecule has 0 fully saturated rings. The number of methoxy groups -OCH3 is 1. The number of carbonyl (C=O) groups is 1. The Balaban J connectivity index is 2.34. The molecule has 5 heteroatoms. The maximum atomic E-state index is 11.2. The summed E-state index contributed by atoms with van der Waals surface area (Å²) in [5.74, 6) is 0.687. The van der Waals surface area contributed by atoms with E-state index in [1.165, 1.54) is 0 Å². The van der Waals surface area contributed by atoms with Crippen molar-refractivity contribution in [2.24, 2.45) is 0 Å². The van der Waals surface area contributed by atoms with E-state index in [2.05, 4.69) is 17.2 Å². The Morgan fingerprint density at radius 1 is 1.69 bits per heavy atom. The van der Waals surface area contributed by atoms with E-state index in [1.807, 2.05) is 0 Å². The number of hydrogen-bond acceptors (Lipinski definition) is 3. The summed E-state index contributed by atoms with van der Waals surface area (Å²) < 4.78 is 10.4. The van der Waals surface area contributed by atoms with Crippen molar-refractivity contribution < 1.29 is 13.9 Å². The van der Waals surface area contributed by atoms with Crippen LogP contribution < -0.4 is 10.6 Å². The number of rotatable bonds is 6. The van der Waals surface area contributed by atoms with Gasteiger partial charge in [0.25, 0.3) is 0 Å². The molecule has 1 atom stereocenters. The highest BCUT2D eigenvalue weighted by Gasteiger charge is 2.13. The maximum Gasteiger partial charge on any atom is 0.315 e. The summed E-state index contributed by atoms with van der Waals surface area (Å²) in [6, 6.07) is 3.32. The zero-order valence-electron chi connectivity index (χ0n) is 9.23. The van der Waals surface area contributed by atoms with E-state index in [1.54, 1.807) is 31.6 Å².